The Bertz CT molecular complexity index is 1030. The monoisotopic (exact) mass is 466 g/mol. The third-order valence-corrected chi connectivity index (χ3v) is 5.91. The van der Waals surface area contributed by atoms with Gasteiger partial charge >= 0.3 is 0 Å². The average molecular weight is 467 g/mol. The van der Waals surface area contributed by atoms with Crippen molar-refractivity contribution in [1.82, 2.24) is 15.5 Å². The van der Waals surface area contributed by atoms with E-state index in [0.717, 1.165) is 37.0 Å². The summed E-state index contributed by atoms with van der Waals surface area (Å²) in [5, 5.41) is 8.21. The standard InChI is InChI=1S/C25H30N4O5/c1-2-3-15-27-20(30)12-7-5-4-6-8-16-26-18-11-9-10-17-22(18)25(34)29(24(17)33)19-13-14-21(31)28-23(19)32/h3,9-11,19,26H,1,4-8,12-16H2,(H,27,30)(H,28,31,32). The number of amides is 5. The topological polar surface area (TPSA) is 125 Å². The summed E-state index contributed by atoms with van der Waals surface area (Å²) in [5.41, 5.74) is 3.71. The molecule has 180 valence electrons. The van der Waals surface area contributed by atoms with Crippen molar-refractivity contribution in [2.45, 2.75) is 57.4 Å². The predicted octanol–water partition coefficient (Wildman–Crippen LogP) is 2.30. The molecule has 1 aromatic carbocycles. The number of hydrogen-bond donors (Lipinski definition) is 3. The summed E-state index contributed by atoms with van der Waals surface area (Å²) in [6, 6.07) is 4.06. The Balaban J connectivity index is 1.44. The lowest BCUT2D eigenvalue weighted by Gasteiger charge is -2.27. The number of anilines is 1. The van der Waals surface area contributed by atoms with E-state index in [1.165, 1.54) is 0 Å². The maximum Gasteiger partial charge on any atom is 0.264 e. The van der Waals surface area contributed by atoms with Gasteiger partial charge in [-0.25, -0.2) is 0 Å². The second-order valence-electron chi connectivity index (χ2n) is 8.33. The van der Waals surface area contributed by atoms with Crippen LogP contribution < -0.4 is 16.0 Å². The molecule has 1 saturated heterocycles. The number of hydrogen-bond acceptors (Lipinski definition) is 6. The molecule has 0 spiro atoms. The summed E-state index contributed by atoms with van der Waals surface area (Å²) in [4.78, 5) is 62.2. The molecule has 9 heteroatoms. The highest BCUT2D eigenvalue weighted by atomic mass is 16.2. The van der Waals surface area contributed by atoms with Gasteiger partial charge in [-0.05, 0) is 37.5 Å². The van der Waals surface area contributed by atoms with Crippen LogP contribution in [0.4, 0.5) is 5.69 Å². The molecule has 2 aliphatic rings. The lowest BCUT2D eigenvalue weighted by molar-refractivity contribution is -0.136. The van der Waals surface area contributed by atoms with E-state index in [9.17, 15) is 24.0 Å². The van der Waals surface area contributed by atoms with Crippen molar-refractivity contribution in [2.75, 3.05) is 18.4 Å². The SMILES string of the molecule is C=C=CCNC(=O)CCCCCCCNc1cccc2c1C(=O)N(C1CCC(=O)NC1=O)C2=O. The van der Waals surface area contributed by atoms with Crippen molar-refractivity contribution < 1.29 is 24.0 Å². The minimum atomic E-state index is -0.974. The van der Waals surface area contributed by atoms with Crippen LogP contribution in [-0.2, 0) is 14.4 Å². The minimum absolute atomic E-state index is 0.0247. The van der Waals surface area contributed by atoms with Crippen LogP contribution in [0.3, 0.4) is 0 Å². The summed E-state index contributed by atoms with van der Waals surface area (Å²) in [5.74, 6) is -2.02. The van der Waals surface area contributed by atoms with E-state index in [1.54, 1.807) is 24.3 Å². The molecule has 0 radical (unpaired) electrons. The molecular weight excluding hydrogens is 436 g/mol. The molecule has 9 nitrogen and oxygen atoms in total. The van der Waals surface area contributed by atoms with Crippen LogP contribution >= 0.6 is 0 Å². The van der Waals surface area contributed by atoms with Crippen molar-refractivity contribution in [3.8, 4) is 0 Å². The third kappa shape index (κ3) is 5.99. The van der Waals surface area contributed by atoms with Gasteiger partial charge in [-0.2, -0.15) is 0 Å². The lowest BCUT2D eigenvalue weighted by atomic mass is 10.0. The Hall–Kier alpha value is -3.71. The number of fused-ring (bicyclic) bond motifs is 1. The van der Waals surface area contributed by atoms with Crippen LogP contribution in [0.15, 0.2) is 36.6 Å². The number of carbonyl (C=O) groups is 5. The van der Waals surface area contributed by atoms with E-state index in [0.29, 0.717) is 25.2 Å². The first kappa shape index (κ1) is 24.9. The first-order valence-corrected chi connectivity index (χ1v) is 11.6. The molecule has 3 N–H and O–H groups in total. The zero-order valence-corrected chi connectivity index (χ0v) is 19.2. The van der Waals surface area contributed by atoms with Crippen LogP contribution in [-0.4, -0.2) is 53.6 Å². The number of rotatable bonds is 12. The fourth-order valence-electron chi connectivity index (χ4n) is 4.15. The van der Waals surface area contributed by atoms with Crippen LogP contribution in [0.25, 0.3) is 0 Å². The van der Waals surface area contributed by atoms with E-state index in [4.69, 9.17) is 0 Å². The van der Waals surface area contributed by atoms with E-state index in [2.05, 4.69) is 28.3 Å². The summed E-state index contributed by atoms with van der Waals surface area (Å²) >= 11 is 0. The second-order valence-corrected chi connectivity index (χ2v) is 8.33. The number of imide groups is 2. The maximum absolute atomic E-state index is 13.1. The predicted molar refractivity (Wildman–Crippen MR) is 126 cm³/mol. The van der Waals surface area contributed by atoms with Crippen molar-refractivity contribution in [1.29, 1.82) is 0 Å². The van der Waals surface area contributed by atoms with Gasteiger partial charge in [0.1, 0.15) is 6.04 Å². The molecule has 1 unspecified atom stereocenters. The Morgan fingerprint density at radius 1 is 1.12 bits per heavy atom. The first-order chi connectivity index (χ1) is 16.4. The number of nitrogens with zero attached hydrogens (tertiary/aromatic N) is 1. The van der Waals surface area contributed by atoms with Crippen LogP contribution in [0.1, 0.15) is 72.1 Å². The van der Waals surface area contributed by atoms with Gasteiger partial charge in [0.2, 0.25) is 17.7 Å². The van der Waals surface area contributed by atoms with Crippen molar-refractivity contribution >= 4 is 35.2 Å². The van der Waals surface area contributed by atoms with Gasteiger partial charge in [0, 0.05) is 31.6 Å². The number of nitrogens with one attached hydrogen (secondary N) is 3. The zero-order chi connectivity index (χ0) is 24.5. The van der Waals surface area contributed by atoms with E-state index >= 15 is 0 Å². The molecule has 34 heavy (non-hydrogen) atoms. The zero-order valence-electron chi connectivity index (χ0n) is 19.2. The maximum atomic E-state index is 13.1. The first-order valence-electron chi connectivity index (χ1n) is 11.6. The number of unbranched alkanes of at least 4 members (excludes halogenated alkanes) is 4. The molecule has 2 aliphatic heterocycles. The molecule has 0 saturated carbocycles. The van der Waals surface area contributed by atoms with Gasteiger partial charge in [-0.3, -0.25) is 34.2 Å². The number of benzene rings is 1. The molecule has 0 aliphatic carbocycles. The lowest BCUT2D eigenvalue weighted by Crippen LogP contribution is -2.54. The molecule has 0 bridgehead atoms. The number of piperidine rings is 1. The highest BCUT2D eigenvalue weighted by Crippen LogP contribution is 2.32. The fraction of sp³-hybridized carbons (Fsp3) is 0.440. The van der Waals surface area contributed by atoms with E-state index < -0.39 is 29.7 Å². The van der Waals surface area contributed by atoms with Gasteiger partial charge in [0.15, 0.2) is 0 Å². The molecule has 1 fully saturated rings. The summed E-state index contributed by atoms with van der Waals surface area (Å²) in [6.07, 6.45) is 7.02. The van der Waals surface area contributed by atoms with Gasteiger partial charge in [-0.15, -0.1) is 5.73 Å². The van der Waals surface area contributed by atoms with Crippen LogP contribution in [0, 0.1) is 0 Å². The molecule has 1 atom stereocenters. The number of carbonyl (C=O) groups excluding carboxylic acids is 5. The van der Waals surface area contributed by atoms with Gasteiger partial charge in [0.25, 0.3) is 11.8 Å². The van der Waals surface area contributed by atoms with Crippen molar-refractivity contribution in [3.05, 3.63) is 47.7 Å². The van der Waals surface area contributed by atoms with Crippen LogP contribution in [0.2, 0.25) is 0 Å². The summed E-state index contributed by atoms with van der Waals surface area (Å²) in [6.45, 7) is 4.53. The molecule has 0 aromatic heterocycles. The molecular formula is C25H30N4O5. The Morgan fingerprint density at radius 2 is 1.88 bits per heavy atom. The Morgan fingerprint density at radius 3 is 2.65 bits per heavy atom. The van der Waals surface area contributed by atoms with Gasteiger partial charge in [0.05, 0.1) is 11.1 Å². The average Bonchev–Trinajstić information content (AvgIpc) is 3.06. The molecule has 1 aromatic rings. The molecule has 2 heterocycles. The fourth-order valence-corrected chi connectivity index (χ4v) is 4.15. The van der Waals surface area contributed by atoms with E-state index in [-0.39, 0.29) is 29.9 Å². The van der Waals surface area contributed by atoms with Gasteiger partial charge < -0.3 is 10.6 Å². The quantitative estimate of drug-likeness (QED) is 0.247. The largest absolute Gasteiger partial charge is 0.384 e. The minimum Gasteiger partial charge on any atom is -0.384 e. The summed E-state index contributed by atoms with van der Waals surface area (Å²) in [7, 11) is 0. The molecule has 3 rings (SSSR count). The Labute approximate surface area is 198 Å². The Kier molecular flexibility index (Phi) is 8.76. The normalized spacial score (nSPS) is 17.2. The van der Waals surface area contributed by atoms with Crippen molar-refractivity contribution in [3.63, 3.8) is 0 Å². The molecule has 5 amide bonds. The second kappa shape index (κ2) is 12.0. The van der Waals surface area contributed by atoms with Crippen LogP contribution in [0.5, 0.6) is 0 Å². The highest BCUT2D eigenvalue weighted by molar-refractivity contribution is 6.25. The summed E-state index contributed by atoms with van der Waals surface area (Å²) < 4.78 is 0. The van der Waals surface area contributed by atoms with E-state index in [1.807, 2.05) is 0 Å². The van der Waals surface area contributed by atoms with Crippen molar-refractivity contribution in [2.24, 2.45) is 0 Å². The van der Waals surface area contributed by atoms with Gasteiger partial charge in [-0.1, -0.05) is 31.9 Å². The smallest absolute Gasteiger partial charge is 0.264 e. The highest BCUT2D eigenvalue weighted by Gasteiger charge is 2.45. The third-order valence-electron chi connectivity index (χ3n) is 5.91.